The van der Waals surface area contributed by atoms with Crippen LogP contribution in [-0.2, 0) is 4.74 Å². The molecule has 3 N–H and O–H groups in total. The van der Waals surface area contributed by atoms with Gasteiger partial charge in [-0.05, 0) is 23.1 Å². The van der Waals surface area contributed by atoms with Gasteiger partial charge in [0.2, 0.25) is 0 Å². The lowest BCUT2D eigenvalue weighted by atomic mass is 10.0. The summed E-state index contributed by atoms with van der Waals surface area (Å²) in [5.74, 6) is -0.365. The van der Waals surface area contributed by atoms with Crippen molar-refractivity contribution in [2.45, 2.75) is 25.8 Å². The summed E-state index contributed by atoms with van der Waals surface area (Å²) in [5, 5.41) is 9.60. The Balaban J connectivity index is 2.36. The Bertz CT molecular complexity index is 468. The highest BCUT2D eigenvalue weighted by Crippen LogP contribution is 2.57. The number of ether oxygens (including phenoxy) is 1. The molecule has 2 unspecified atom stereocenters. The van der Waals surface area contributed by atoms with Crippen molar-refractivity contribution in [3.05, 3.63) is 29.3 Å². The van der Waals surface area contributed by atoms with Gasteiger partial charge in [0.05, 0.1) is 7.11 Å². The van der Waals surface area contributed by atoms with E-state index in [1.165, 1.54) is 13.2 Å². The molecule has 1 aliphatic rings. The quantitative estimate of drug-likeness (QED) is 0.764. The highest BCUT2D eigenvalue weighted by molar-refractivity contribution is 5.92. The summed E-state index contributed by atoms with van der Waals surface area (Å²) in [4.78, 5) is 11.5. The molecule has 2 rings (SSSR count). The van der Waals surface area contributed by atoms with Gasteiger partial charge in [-0.1, -0.05) is 19.9 Å². The molecule has 1 saturated carbocycles. The second-order valence-electron chi connectivity index (χ2n) is 5.09. The molecular formula is C13H17NO3. The fourth-order valence-electron chi connectivity index (χ4n) is 2.34. The number of phenols is 1. The first-order chi connectivity index (χ1) is 7.89. The monoisotopic (exact) mass is 235 g/mol. The SMILES string of the molecule is COC(=O)c1cc(C2C(N)C2(C)C)ccc1O. The summed E-state index contributed by atoms with van der Waals surface area (Å²) < 4.78 is 4.62. The molecule has 1 aromatic carbocycles. The zero-order valence-corrected chi connectivity index (χ0v) is 10.2. The van der Waals surface area contributed by atoms with Crippen LogP contribution < -0.4 is 5.73 Å². The second-order valence-corrected chi connectivity index (χ2v) is 5.09. The first-order valence-electron chi connectivity index (χ1n) is 5.56. The molecule has 2 atom stereocenters. The van der Waals surface area contributed by atoms with Gasteiger partial charge < -0.3 is 15.6 Å². The summed E-state index contributed by atoms with van der Waals surface area (Å²) in [6, 6.07) is 5.09. The van der Waals surface area contributed by atoms with Crippen LogP contribution in [0.1, 0.15) is 35.7 Å². The van der Waals surface area contributed by atoms with E-state index in [2.05, 4.69) is 18.6 Å². The zero-order valence-electron chi connectivity index (χ0n) is 10.2. The number of carbonyl (C=O) groups is 1. The van der Waals surface area contributed by atoms with Crippen LogP contribution in [0, 0.1) is 5.41 Å². The van der Waals surface area contributed by atoms with Crippen molar-refractivity contribution in [3.8, 4) is 5.75 Å². The number of aromatic hydroxyl groups is 1. The molecule has 0 heterocycles. The number of hydrogen-bond donors (Lipinski definition) is 2. The molecular weight excluding hydrogens is 218 g/mol. The minimum atomic E-state index is -0.531. The predicted molar refractivity (Wildman–Crippen MR) is 63.9 cm³/mol. The normalized spacial score (nSPS) is 25.4. The highest BCUT2D eigenvalue weighted by atomic mass is 16.5. The van der Waals surface area contributed by atoms with Crippen molar-refractivity contribution >= 4 is 5.97 Å². The van der Waals surface area contributed by atoms with Gasteiger partial charge in [0.15, 0.2) is 0 Å². The topological polar surface area (TPSA) is 72.5 Å². The van der Waals surface area contributed by atoms with Crippen molar-refractivity contribution in [1.82, 2.24) is 0 Å². The fourth-order valence-corrected chi connectivity index (χ4v) is 2.34. The Kier molecular flexibility index (Phi) is 2.62. The summed E-state index contributed by atoms with van der Waals surface area (Å²) in [7, 11) is 1.29. The molecule has 0 bridgehead atoms. The molecule has 1 fully saturated rings. The van der Waals surface area contributed by atoms with Crippen LogP contribution in [-0.4, -0.2) is 24.2 Å². The van der Waals surface area contributed by atoms with Gasteiger partial charge in [0, 0.05) is 12.0 Å². The lowest BCUT2D eigenvalue weighted by Gasteiger charge is -2.07. The average Bonchev–Trinajstić information content (AvgIpc) is 2.78. The number of benzene rings is 1. The maximum absolute atomic E-state index is 11.5. The third-order valence-electron chi connectivity index (χ3n) is 3.70. The largest absolute Gasteiger partial charge is 0.507 e. The number of nitrogens with two attached hydrogens (primary N) is 1. The maximum Gasteiger partial charge on any atom is 0.341 e. The number of esters is 1. The molecule has 0 spiro atoms. The molecule has 17 heavy (non-hydrogen) atoms. The fraction of sp³-hybridized carbons (Fsp3) is 0.462. The van der Waals surface area contributed by atoms with Crippen molar-refractivity contribution < 1.29 is 14.6 Å². The average molecular weight is 235 g/mol. The summed E-state index contributed by atoms with van der Waals surface area (Å²) in [6.07, 6.45) is 0. The van der Waals surface area contributed by atoms with E-state index in [4.69, 9.17) is 5.73 Å². The van der Waals surface area contributed by atoms with Gasteiger partial charge >= 0.3 is 5.97 Å². The molecule has 0 aliphatic heterocycles. The maximum atomic E-state index is 11.5. The molecule has 1 aliphatic carbocycles. The van der Waals surface area contributed by atoms with E-state index in [0.717, 1.165) is 5.56 Å². The van der Waals surface area contributed by atoms with Gasteiger partial charge in [-0.25, -0.2) is 4.79 Å². The van der Waals surface area contributed by atoms with Crippen LogP contribution >= 0.6 is 0 Å². The van der Waals surface area contributed by atoms with E-state index in [9.17, 15) is 9.90 Å². The second kappa shape index (κ2) is 3.74. The van der Waals surface area contributed by atoms with Crippen LogP contribution in [0.2, 0.25) is 0 Å². The van der Waals surface area contributed by atoms with E-state index < -0.39 is 5.97 Å². The third kappa shape index (κ3) is 1.78. The van der Waals surface area contributed by atoms with Crippen molar-refractivity contribution in [3.63, 3.8) is 0 Å². The van der Waals surface area contributed by atoms with Gasteiger partial charge in [-0.2, -0.15) is 0 Å². The minimum Gasteiger partial charge on any atom is -0.507 e. The third-order valence-corrected chi connectivity index (χ3v) is 3.70. The minimum absolute atomic E-state index is 0.0460. The van der Waals surface area contributed by atoms with E-state index >= 15 is 0 Å². The molecule has 0 radical (unpaired) electrons. The molecule has 4 nitrogen and oxygen atoms in total. The molecule has 1 aromatic rings. The standard InChI is InChI=1S/C13H17NO3/c1-13(2)10(11(13)14)7-4-5-9(15)8(6-7)12(16)17-3/h4-6,10-11,15H,14H2,1-3H3. The summed E-state index contributed by atoms with van der Waals surface area (Å²) in [6.45, 7) is 4.18. The highest BCUT2D eigenvalue weighted by Gasteiger charge is 2.56. The van der Waals surface area contributed by atoms with Crippen molar-refractivity contribution in [2.75, 3.05) is 7.11 Å². The number of methoxy groups -OCH3 is 1. The van der Waals surface area contributed by atoms with Gasteiger partial charge in [-0.3, -0.25) is 0 Å². The van der Waals surface area contributed by atoms with Gasteiger partial charge in [0.1, 0.15) is 11.3 Å². The van der Waals surface area contributed by atoms with Crippen LogP contribution in [0.15, 0.2) is 18.2 Å². The Labute approximate surface area is 100 Å². The number of phenolic OH excluding ortho intramolecular Hbond substituents is 1. The smallest absolute Gasteiger partial charge is 0.341 e. The van der Waals surface area contributed by atoms with E-state index in [1.807, 2.05) is 0 Å². The van der Waals surface area contributed by atoms with Crippen LogP contribution in [0.3, 0.4) is 0 Å². The molecule has 0 aromatic heterocycles. The lowest BCUT2D eigenvalue weighted by Crippen LogP contribution is -2.06. The Morgan fingerprint density at radius 1 is 1.47 bits per heavy atom. The number of hydrogen-bond acceptors (Lipinski definition) is 4. The number of rotatable bonds is 2. The van der Waals surface area contributed by atoms with Crippen LogP contribution in [0.25, 0.3) is 0 Å². The first kappa shape index (κ1) is 11.9. The zero-order chi connectivity index (χ0) is 12.8. The molecule has 0 amide bonds. The Morgan fingerprint density at radius 2 is 2.06 bits per heavy atom. The number of carbonyl (C=O) groups excluding carboxylic acids is 1. The summed E-state index contributed by atoms with van der Waals surface area (Å²) in [5.41, 5.74) is 7.21. The van der Waals surface area contributed by atoms with Gasteiger partial charge in [-0.15, -0.1) is 0 Å². The molecule has 0 saturated heterocycles. The van der Waals surface area contributed by atoms with Crippen molar-refractivity contribution in [1.29, 1.82) is 0 Å². The molecule has 4 heteroatoms. The summed E-state index contributed by atoms with van der Waals surface area (Å²) >= 11 is 0. The first-order valence-corrected chi connectivity index (χ1v) is 5.56. The Morgan fingerprint density at radius 3 is 2.53 bits per heavy atom. The van der Waals surface area contributed by atoms with Crippen molar-refractivity contribution in [2.24, 2.45) is 11.1 Å². The van der Waals surface area contributed by atoms with Crippen LogP contribution in [0.4, 0.5) is 0 Å². The van der Waals surface area contributed by atoms with Gasteiger partial charge in [0.25, 0.3) is 0 Å². The van der Waals surface area contributed by atoms with Crippen LogP contribution in [0.5, 0.6) is 5.75 Å². The van der Waals surface area contributed by atoms with E-state index in [1.54, 1.807) is 12.1 Å². The van der Waals surface area contributed by atoms with E-state index in [0.29, 0.717) is 0 Å². The van der Waals surface area contributed by atoms with E-state index in [-0.39, 0.29) is 28.7 Å². The Hall–Kier alpha value is -1.55. The molecule has 92 valence electrons. The lowest BCUT2D eigenvalue weighted by molar-refractivity contribution is 0.0597. The predicted octanol–water partition coefficient (Wildman–Crippen LogP) is 1.63.